The van der Waals surface area contributed by atoms with Crippen molar-refractivity contribution < 1.29 is 18.4 Å². The monoisotopic (exact) mass is 413 g/mol. The SMILES string of the molecule is CC(=O)C12CC(NC(=O)C(C)[C@@H]3[C@@H]4C[C@@H](n5cnc6cc(F)c(F)cc65)C[C@@H]43)(C1)C2. The minimum Gasteiger partial charge on any atom is -0.350 e. The van der Waals surface area contributed by atoms with Gasteiger partial charge in [-0.3, -0.25) is 9.59 Å². The molecule has 1 amide bonds. The molecule has 0 spiro atoms. The van der Waals surface area contributed by atoms with E-state index in [1.807, 2.05) is 11.5 Å². The van der Waals surface area contributed by atoms with E-state index in [9.17, 15) is 18.4 Å². The van der Waals surface area contributed by atoms with Crippen molar-refractivity contribution in [1.82, 2.24) is 14.9 Å². The van der Waals surface area contributed by atoms with Gasteiger partial charge in [-0.05, 0) is 56.8 Å². The van der Waals surface area contributed by atoms with E-state index in [2.05, 4.69) is 10.3 Å². The van der Waals surface area contributed by atoms with Crippen LogP contribution in [0.3, 0.4) is 0 Å². The van der Waals surface area contributed by atoms with E-state index >= 15 is 0 Å². The largest absolute Gasteiger partial charge is 0.350 e. The first kappa shape index (κ1) is 18.5. The highest BCUT2D eigenvalue weighted by molar-refractivity contribution is 5.89. The first-order valence-corrected chi connectivity index (χ1v) is 10.9. The number of nitrogens with one attached hydrogen (secondary N) is 1. The highest BCUT2D eigenvalue weighted by Crippen LogP contribution is 2.68. The highest BCUT2D eigenvalue weighted by atomic mass is 19.2. The predicted molar refractivity (Wildman–Crippen MR) is 105 cm³/mol. The van der Waals surface area contributed by atoms with Gasteiger partial charge in [-0.25, -0.2) is 13.8 Å². The van der Waals surface area contributed by atoms with E-state index in [0.717, 1.165) is 38.2 Å². The molecule has 1 heterocycles. The van der Waals surface area contributed by atoms with Crippen molar-refractivity contribution in [2.45, 2.75) is 57.5 Å². The Bertz CT molecular complexity index is 1080. The summed E-state index contributed by atoms with van der Waals surface area (Å²) in [5.41, 5.74) is 0.834. The Morgan fingerprint density at radius 2 is 1.80 bits per heavy atom. The molecule has 1 unspecified atom stereocenters. The number of nitrogens with zero attached hydrogens (tertiary/aromatic N) is 2. The summed E-state index contributed by atoms with van der Waals surface area (Å²) >= 11 is 0. The molecule has 5 aliphatic rings. The van der Waals surface area contributed by atoms with Crippen molar-refractivity contribution in [3.05, 3.63) is 30.1 Å². The highest BCUT2D eigenvalue weighted by Gasteiger charge is 2.71. The molecular formula is C23H25F2N3O2. The number of halogens is 2. The maximum Gasteiger partial charge on any atom is 0.223 e. The van der Waals surface area contributed by atoms with Crippen molar-refractivity contribution >= 4 is 22.7 Å². The van der Waals surface area contributed by atoms with Crippen LogP contribution in [0.1, 0.15) is 52.0 Å². The minimum atomic E-state index is -0.875. The normalized spacial score (nSPS) is 39.1. The van der Waals surface area contributed by atoms with Crippen LogP contribution in [0, 0.1) is 40.7 Å². The Morgan fingerprint density at radius 3 is 2.43 bits per heavy atom. The van der Waals surface area contributed by atoms with Gasteiger partial charge in [0.25, 0.3) is 0 Å². The summed E-state index contributed by atoms with van der Waals surface area (Å²) in [5, 5.41) is 3.24. The number of carbonyl (C=O) groups is 2. The number of ketones is 1. The Balaban J connectivity index is 1.09. The standard InChI is InChI=1S/C23H25F2N3O2/c1-11(21(30)27-23-7-22(8-23,9-23)12(2)29)20-14-3-13(4-15(14)20)28-10-26-18-5-16(24)17(25)6-19(18)28/h5-6,10-11,13-15,20H,3-4,7-9H2,1-2H3,(H,27,30)/t11?,13-,14-,15+,20-,22?,23?. The van der Waals surface area contributed by atoms with Gasteiger partial charge < -0.3 is 9.88 Å². The average molecular weight is 413 g/mol. The van der Waals surface area contributed by atoms with Crippen LogP contribution >= 0.6 is 0 Å². The molecule has 1 aromatic heterocycles. The van der Waals surface area contributed by atoms with E-state index in [0.29, 0.717) is 28.8 Å². The van der Waals surface area contributed by atoms with Gasteiger partial charge in [-0.15, -0.1) is 0 Å². The summed E-state index contributed by atoms with van der Waals surface area (Å²) in [4.78, 5) is 28.7. The molecule has 0 aliphatic heterocycles. The van der Waals surface area contributed by atoms with Crippen LogP contribution in [-0.2, 0) is 9.59 Å². The van der Waals surface area contributed by atoms with Crippen molar-refractivity contribution in [2.75, 3.05) is 0 Å². The van der Waals surface area contributed by atoms with Gasteiger partial charge in [0.1, 0.15) is 5.78 Å². The van der Waals surface area contributed by atoms with E-state index in [1.54, 1.807) is 13.3 Å². The van der Waals surface area contributed by atoms with Crippen molar-refractivity contribution in [2.24, 2.45) is 29.1 Å². The molecule has 1 aromatic carbocycles. The first-order chi connectivity index (χ1) is 14.2. The number of hydrogen-bond donors (Lipinski definition) is 1. The van der Waals surface area contributed by atoms with Crippen LogP contribution in [0.4, 0.5) is 8.78 Å². The van der Waals surface area contributed by atoms with Crippen molar-refractivity contribution in [3.63, 3.8) is 0 Å². The summed E-state index contributed by atoms with van der Waals surface area (Å²) in [6.07, 6.45) is 5.97. The number of aromatic nitrogens is 2. The lowest BCUT2D eigenvalue weighted by Gasteiger charge is -2.69. The summed E-state index contributed by atoms with van der Waals surface area (Å²) in [6, 6.07) is 2.59. The topological polar surface area (TPSA) is 64.0 Å². The van der Waals surface area contributed by atoms with Crippen LogP contribution in [0.15, 0.2) is 18.5 Å². The molecule has 7 heteroatoms. The molecule has 5 nitrogen and oxygen atoms in total. The fourth-order valence-electron chi connectivity index (χ4n) is 6.99. The molecule has 1 N–H and O–H groups in total. The Hall–Kier alpha value is -2.31. The summed E-state index contributed by atoms with van der Waals surface area (Å²) in [7, 11) is 0. The molecule has 0 radical (unpaired) electrons. The molecule has 158 valence electrons. The van der Waals surface area contributed by atoms with E-state index in [4.69, 9.17) is 0 Å². The van der Waals surface area contributed by atoms with Crippen molar-refractivity contribution in [1.29, 1.82) is 0 Å². The number of amides is 1. The summed E-state index contributed by atoms with van der Waals surface area (Å²) < 4.78 is 29.1. The number of imidazole rings is 1. The second-order valence-electron chi connectivity index (χ2n) is 10.4. The molecule has 5 saturated carbocycles. The lowest BCUT2D eigenvalue weighted by atomic mass is 9.38. The third-order valence-corrected chi connectivity index (χ3v) is 8.65. The number of Topliss-reactive ketones (excluding diaryl/α,β-unsaturated/α-hetero) is 1. The third-order valence-electron chi connectivity index (χ3n) is 8.65. The summed E-state index contributed by atoms with van der Waals surface area (Å²) in [6.45, 7) is 3.67. The fourth-order valence-corrected chi connectivity index (χ4v) is 6.99. The van der Waals surface area contributed by atoms with Crippen LogP contribution in [0.2, 0.25) is 0 Å². The lowest BCUT2D eigenvalue weighted by molar-refractivity contribution is -0.180. The van der Waals surface area contributed by atoms with E-state index < -0.39 is 11.6 Å². The number of benzene rings is 1. The van der Waals surface area contributed by atoms with Crippen LogP contribution < -0.4 is 5.32 Å². The second kappa shape index (κ2) is 5.68. The molecular weight excluding hydrogens is 388 g/mol. The molecule has 5 aliphatic carbocycles. The van der Waals surface area contributed by atoms with E-state index in [1.165, 1.54) is 6.07 Å². The molecule has 2 bridgehead atoms. The van der Waals surface area contributed by atoms with Crippen LogP contribution in [0.5, 0.6) is 0 Å². The summed E-state index contributed by atoms with van der Waals surface area (Å²) in [5.74, 6) is -0.00747. The van der Waals surface area contributed by atoms with Crippen LogP contribution in [-0.4, -0.2) is 26.8 Å². The van der Waals surface area contributed by atoms with E-state index in [-0.39, 0.29) is 34.6 Å². The maximum absolute atomic E-state index is 13.7. The zero-order valence-electron chi connectivity index (χ0n) is 17.1. The van der Waals surface area contributed by atoms with Gasteiger partial charge in [0, 0.05) is 35.0 Å². The first-order valence-electron chi connectivity index (χ1n) is 10.9. The van der Waals surface area contributed by atoms with Gasteiger partial charge in [0.2, 0.25) is 5.91 Å². The Labute approximate surface area is 173 Å². The van der Waals surface area contributed by atoms with Crippen molar-refractivity contribution in [3.8, 4) is 0 Å². The Kier molecular flexibility index (Phi) is 3.49. The number of rotatable bonds is 5. The lowest BCUT2D eigenvalue weighted by Crippen LogP contribution is -2.77. The molecule has 7 rings (SSSR count). The molecule has 0 saturated heterocycles. The molecule has 5 fully saturated rings. The van der Waals surface area contributed by atoms with Gasteiger partial charge in [0.05, 0.1) is 17.4 Å². The van der Waals surface area contributed by atoms with Gasteiger partial charge in [-0.1, -0.05) is 6.92 Å². The fraction of sp³-hybridized carbons (Fsp3) is 0.609. The number of carbonyl (C=O) groups excluding carboxylic acids is 2. The van der Waals surface area contributed by atoms with Gasteiger partial charge in [-0.2, -0.15) is 0 Å². The molecule has 2 aromatic rings. The second-order valence-corrected chi connectivity index (χ2v) is 10.4. The average Bonchev–Trinajstić information content (AvgIpc) is 2.96. The number of hydrogen-bond acceptors (Lipinski definition) is 3. The quantitative estimate of drug-likeness (QED) is 0.812. The number of fused-ring (bicyclic) bond motifs is 2. The Morgan fingerprint density at radius 1 is 1.17 bits per heavy atom. The van der Waals surface area contributed by atoms with Gasteiger partial charge >= 0.3 is 0 Å². The third kappa shape index (κ3) is 2.35. The van der Waals surface area contributed by atoms with Crippen LogP contribution in [0.25, 0.3) is 11.0 Å². The molecule has 5 atom stereocenters. The zero-order valence-corrected chi connectivity index (χ0v) is 17.1. The molecule has 30 heavy (non-hydrogen) atoms. The maximum atomic E-state index is 13.7. The minimum absolute atomic E-state index is 0.0330. The predicted octanol–water partition coefficient (Wildman–Crippen LogP) is 3.78. The zero-order chi connectivity index (χ0) is 21.0. The smallest absolute Gasteiger partial charge is 0.223 e. The van der Waals surface area contributed by atoms with Gasteiger partial charge in [0.15, 0.2) is 11.6 Å².